The molecule has 0 radical (unpaired) electrons. The zero-order valence-electron chi connectivity index (χ0n) is 14.5. The van der Waals surface area contributed by atoms with Gasteiger partial charge in [-0.05, 0) is 30.7 Å². The summed E-state index contributed by atoms with van der Waals surface area (Å²) in [5.41, 5.74) is 3.40. The minimum absolute atomic E-state index is 0.259. The second kappa shape index (κ2) is 6.51. The Bertz CT molecular complexity index is 1090. The molecule has 0 aliphatic carbocycles. The predicted molar refractivity (Wildman–Crippen MR) is 102 cm³/mol. The molecule has 0 atom stereocenters. The molecule has 8 nitrogen and oxygen atoms in total. The lowest BCUT2D eigenvalue weighted by atomic mass is 10.1. The lowest BCUT2D eigenvalue weighted by molar-refractivity contribution is 0.102. The largest absolute Gasteiger partial charge is 0.322 e. The number of carbonyl (C=O) groups is 1. The average molecular weight is 383 g/mol. The molecule has 0 bridgehead atoms. The van der Waals surface area contributed by atoms with Crippen LogP contribution in [0, 0.1) is 0 Å². The van der Waals surface area contributed by atoms with E-state index in [4.69, 9.17) is 0 Å². The molecule has 4 rings (SSSR count). The fraction of sp³-hybridized carbons (Fsp3) is 0.167. The number of H-pyrrole nitrogens is 1. The summed E-state index contributed by atoms with van der Waals surface area (Å²) >= 11 is 0. The normalized spacial score (nSPS) is 13.4. The fourth-order valence-electron chi connectivity index (χ4n) is 3.18. The summed E-state index contributed by atoms with van der Waals surface area (Å²) < 4.78 is 25.2. The third-order valence-electron chi connectivity index (χ3n) is 4.47. The molecule has 2 aromatic carbocycles. The van der Waals surface area contributed by atoms with Gasteiger partial charge in [-0.25, -0.2) is 13.4 Å². The molecule has 0 fully saturated rings. The van der Waals surface area contributed by atoms with Gasteiger partial charge in [0.15, 0.2) is 5.82 Å². The van der Waals surface area contributed by atoms with Gasteiger partial charge in [0.1, 0.15) is 6.33 Å². The van der Waals surface area contributed by atoms with Gasteiger partial charge >= 0.3 is 0 Å². The maximum atomic E-state index is 12.6. The molecule has 0 saturated heterocycles. The van der Waals surface area contributed by atoms with E-state index in [1.54, 1.807) is 42.5 Å². The second-order valence-electron chi connectivity index (χ2n) is 6.25. The van der Waals surface area contributed by atoms with E-state index in [1.807, 2.05) is 0 Å². The molecule has 1 aliphatic rings. The zero-order chi connectivity index (χ0) is 19.0. The Balaban J connectivity index is 1.57. The molecule has 0 saturated carbocycles. The molecule has 2 N–H and O–H groups in total. The summed E-state index contributed by atoms with van der Waals surface area (Å²) in [6.07, 6.45) is 3.17. The van der Waals surface area contributed by atoms with Crippen LogP contribution in [0.4, 0.5) is 11.4 Å². The van der Waals surface area contributed by atoms with E-state index in [1.165, 1.54) is 16.9 Å². The van der Waals surface area contributed by atoms with Crippen molar-refractivity contribution in [2.45, 2.75) is 6.42 Å². The summed E-state index contributed by atoms with van der Waals surface area (Å²) in [6, 6.07) is 12.3. The first-order chi connectivity index (χ1) is 12.9. The van der Waals surface area contributed by atoms with Crippen LogP contribution in [0.2, 0.25) is 0 Å². The summed E-state index contributed by atoms with van der Waals surface area (Å²) in [5.74, 6) is 0.369. The number of nitrogens with zero attached hydrogens (tertiary/aromatic N) is 3. The Morgan fingerprint density at radius 1 is 1.19 bits per heavy atom. The van der Waals surface area contributed by atoms with Crippen molar-refractivity contribution in [3.63, 3.8) is 0 Å². The highest BCUT2D eigenvalue weighted by molar-refractivity contribution is 7.92. The molecule has 3 aromatic rings. The van der Waals surface area contributed by atoms with Gasteiger partial charge in [-0.15, -0.1) is 0 Å². The van der Waals surface area contributed by atoms with E-state index in [2.05, 4.69) is 20.5 Å². The van der Waals surface area contributed by atoms with Crippen LogP contribution in [0.15, 0.2) is 48.8 Å². The first kappa shape index (κ1) is 17.2. The monoisotopic (exact) mass is 383 g/mol. The number of aromatic amines is 1. The third-order valence-corrected chi connectivity index (χ3v) is 5.65. The molecular formula is C18H17N5O3S. The molecular weight excluding hydrogens is 366 g/mol. The Morgan fingerprint density at radius 2 is 1.96 bits per heavy atom. The Labute approximate surface area is 156 Å². The molecule has 1 aromatic heterocycles. The standard InChI is InChI=1S/C18H17N5O3S/c1-27(25,26)23-10-9-14-15(3-2-4-16(14)23)21-18(24)13-7-5-12(6-8-13)17-19-11-20-22-17/h2-8,11H,9-10H2,1H3,(H,21,24)(H,19,20,22). The molecule has 0 spiro atoms. The highest BCUT2D eigenvalue weighted by Crippen LogP contribution is 2.35. The summed E-state index contributed by atoms with van der Waals surface area (Å²) in [4.78, 5) is 16.7. The lowest BCUT2D eigenvalue weighted by Crippen LogP contribution is -2.27. The Kier molecular flexibility index (Phi) is 4.15. The molecule has 2 heterocycles. The van der Waals surface area contributed by atoms with Crippen molar-refractivity contribution in [3.8, 4) is 11.4 Å². The van der Waals surface area contributed by atoms with Crippen molar-refractivity contribution in [2.75, 3.05) is 22.4 Å². The lowest BCUT2D eigenvalue weighted by Gasteiger charge is -2.17. The number of rotatable bonds is 4. The van der Waals surface area contributed by atoms with Crippen molar-refractivity contribution in [2.24, 2.45) is 0 Å². The summed E-state index contributed by atoms with van der Waals surface area (Å²) in [6.45, 7) is 0.382. The highest BCUT2D eigenvalue weighted by Gasteiger charge is 2.28. The van der Waals surface area contributed by atoms with E-state index in [-0.39, 0.29) is 5.91 Å². The van der Waals surface area contributed by atoms with Crippen molar-refractivity contribution in [1.29, 1.82) is 0 Å². The fourth-order valence-corrected chi connectivity index (χ4v) is 4.14. The first-order valence-corrected chi connectivity index (χ1v) is 10.1. The van der Waals surface area contributed by atoms with Gasteiger partial charge in [0.25, 0.3) is 5.91 Å². The maximum Gasteiger partial charge on any atom is 0.255 e. The number of aromatic nitrogens is 3. The summed E-state index contributed by atoms with van der Waals surface area (Å²) in [7, 11) is -3.33. The van der Waals surface area contributed by atoms with E-state index in [0.29, 0.717) is 35.7 Å². The average Bonchev–Trinajstić information content (AvgIpc) is 3.31. The quantitative estimate of drug-likeness (QED) is 0.717. The van der Waals surface area contributed by atoms with Gasteiger partial charge in [0.2, 0.25) is 10.0 Å². The number of sulfonamides is 1. The molecule has 27 heavy (non-hydrogen) atoms. The van der Waals surface area contributed by atoms with Crippen molar-refractivity contribution < 1.29 is 13.2 Å². The van der Waals surface area contributed by atoms with Gasteiger partial charge in [-0.2, -0.15) is 5.10 Å². The number of fused-ring (bicyclic) bond motifs is 1. The molecule has 9 heteroatoms. The predicted octanol–water partition coefficient (Wildman–Crippen LogP) is 2.05. The first-order valence-electron chi connectivity index (χ1n) is 8.30. The van der Waals surface area contributed by atoms with Crippen molar-refractivity contribution in [3.05, 3.63) is 59.9 Å². The van der Waals surface area contributed by atoms with E-state index in [0.717, 1.165) is 11.1 Å². The second-order valence-corrected chi connectivity index (χ2v) is 8.16. The van der Waals surface area contributed by atoms with Crippen LogP contribution in [0.25, 0.3) is 11.4 Å². The van der Waals surface area contributed by atoms with Crippen molar-refractivity contribution in [1.82, 2.24) is 15.2 Å². The number of hydrogen-bond acceptors (Lipinski definition) is 5. The van der Waals surface area contributed by atoms with Crippen LogP contribution >= 0.6 is 0 Å². The van der Waals surface area contributed by atoms with Crippen LogP contribution in [-0.2, 0) is 16.4 Å². The number of carbonyl (C=O) groups excluding carboxylic acids is 1. The van der Waals surface area contributed by atoms with E-state index >= 15 is 0 Å². The number of hydrogen-bond donors (Lipinski definition) is 2. The van der Waals surface area contributed by atoms with Crippen LogP contribution in [0.5, 0.6) is 0 Å². The van der Waals surface area contributed by atoms with Gasteiger partial charge in [0, 0.05) is 28.9 Å². The number of anilines is 2. The molecule has 0 unspecified atom stereocenters. The van der Waals surface area contributed by atoms with Crippen LogP contribution in [-0.4, -0.2) is 42.3 Å². The van der Waals surface area contributed by atoms with Gasteiger partial charge in [-0.1, -0.05) is 18.2 Å². The van der Waals surface area contributed by atoms with Gasteiger partial charge in [-0.3, -0.25) is 14.2 Å². The topological polar surface area (TPSA) is 108 Å². The molecule has 138 valence electrons. The smallest absolute Gasteiger partial charge is 0.255 e. The highest BCUT2D eigenvalue weighted by atomic mass is 32.2. The van der Waals surface area contributed by atoms with Crippen LogP contribution in [0.3, 0.4) is 0 Å². The zero-order valence-corrected chi connectivity index (χ0v) is 15.3. The van der Waals surface area contributed by atoms with Gasteiger partial charge < -0.3 is 5.32 Å². The van der Waals surface area contributed by atoms with Gasteiger partial charge in [0.05, 0.1) is 11.9 Å². The molecule has 1 aliphatic heterocycles. The SMILES string of the molecule is CS(=O)(=O)N1CCc2c(NC(=O)c3ccc(-c4ncn[nH]4)cc3)cccc21. The number of amides is 1. The van der Waals surface area contributed by atoms with Crippen LogP contribution < -0.4 is 9.62 Å². The number of benzene rings is 2. The van der Waals surface area contributed by atoms with Crippen LogP contribution in [0.1, 0.15) is 15.9 Å². The number of nitrogens with one attached hydrogen (secondary N) is 2. The maximum absolute atomic E-state index is 12.6. The van der Waals surface area contributed by atoms with E-state index in [9.17, 15) is 13.2 Å². The van der Waals surface area contributed by atoms with Crippen molar-refractivity contribution >= 4 is 27.3 Å². The third kappa shape index (κ3) is 3.28. The minimum Gasteiger partial charge on any atom is -0.322 e. The summed E-state index contributed by atoms with van der Waals surface area (Å²) in [5, 5.41) is 9.47. The Hall–Kier alpha value is -3.20. The van der Waals surface area contributed by atoms with E-state index < -0.39 is 10.0 Å². The molecule has 1 amide bonds. The minimum atomic E-state index is -3.33. The Morgan fingerprint density at radius 3 is 2.63 bits per heavy atom.